The zero-order chi connectivity index (χ0) is 16.8. The van der Waals surface area contributed by atoms with Gasteiger partial charge in [0.2, 0.25) is 0 Å². The van der Waals surface area contributed by atoms with Crippen LogP contribution in [0.3, 0.4) is 0 Å². The molecule has 1 aliphatic carbocycles. The van der Waals surface area contributed by atoms with E-state index < -0.39 is 0 Å². The molecule has 1 aromatic carbocycles. The first kappa shape index (κ1) is 15.0. The van der Waals surface area contributed by atoms with Gasteiger partial charge in [-0.15, -0.1) is 0 Å². The summed E-state index contributed by atoms with van der Waals surface area (Å²) in [5, 5.41) is 5.46. The van der Waals surface area contributed by atoms with Crippen molar-refractivity contribution in [2.75, 3.05) is 5.73 Å². The molecule has 0 spiro atoms. The maximum absolute atomic E-state index is 13.1. The molecule has 2 N–H and O–H groups in total. The lowest BCUT2D eigenvalue weighted by molar-refractivity contribution is 0.0949. The van der Waals surface area contributed by atoms with Crippen molar-refractivity contribution in [2.45, 2.75) is 45.6 Å². The third-order valence-corrected chi connectivity index (χ3v) is 4.94. The molecule has 0 aliphatic heterocycles. The molecule has 5 nitrogen and oxygen atoms in total. The average Bonchev–Trinajstić information content (AvgIpc) is 3.16. The van der Waals surface area contributed by atoms with Crippen LogP contribution in [0.5, 0.6) is 0 Å². The minimum atomic E-state index is -0.144. The molecule has 124 valence electrons. The number of benzene rings is 1. The van der Waals surface area contributed by atoms with E-state index >= 15 is 0 Å². The lowest BCUT2D eigenvalue weighted by atomic mass is 9.98. The number of aromatic nitrogens is 3. The van der Waals surface area contributed by atoms with Crippen molar-refractivity contribution in [2.24, 2.45) is 0 Å². The Labute approximate surface area is 141 Å². The fourth-order valence-electron chi connectivity index (χ4n) is 3.67. The van der Waals surface area contributed by atoms with Crippen LogP contribution in [0.25, 0.3) is 10.9 Å². The molecule has 5 heteroatoms. The van der Waals surface area contributed by atoms with E-state index in [-0.39, 0.29) is 5.91 Å². The number of hydrogen-bond donors (Lipinski definition) is 1. The van der Waals surface area contributed by atoms with Gasteiger partial charge in [-0.25, -0.2) is 0 Å². The second-order valence-corrected chi connectivity index (χ2v) is 6.79. The van der Waals surface area contributed by atoms with Gasteiger partial charge in [-0.3, -0.25) is 4.79 Å². The molecule has 3 aromatic rings. The molecule has 24 heavy (non-hydrogen) atoms. The zero-order valence-corrected chi connectivity index (χ0v) is 14.1. The first-order valence-corrected chi connectivity index (χ1v) is 8.58. The lowest BCUT2D eigenvalue weighted by Crippen LogP contribution is -2.16. The number of carbonyl (C=O) groups is 1. The van der Waals surface area contributed by atoms with E-state index in [1.807, 2.05) is 30.5 Å². The van der Waals surface area contributed by atoms with E-state index in [0.717, 1.165) is 47.8 Å². The summed E-state index contributed by atoms with van der Waals surface area (Å²) in [7, 11) is 0. The van der Waals surface area contributed by atoms with Gasteiger partial charge in [-0.1, -0.05) is 6.07 Å². The number of aryl methyl sites for hydroxylation is 1. The number of hydrogen-bond acceptors (Lipinski definition) is 3. The number of anilines is 1. The molecule has 4 rings (SSSR count). The van der Waals surface area contributed by atoms with Gasteiger partial charge in [0.25, 0.3) is 5.91 Å². The normalized spacial score (nSPS) is 14.3. The largest absolute Gasteiger partial charge is 0.383 e. The molecule has 0 saturated heterocycles. The van der Waals surface area contributed by atoms with Gasteiger partial charge in [0.15, 0.2) is 0 Å². The van der Waals surface area contributed by atoms with Gasteiger partial charge < -0.3 is 10.3 Å². The summed E-state index contributed by atoms with van der Waals surface area (Å²) in [6.45, 7) is 4.26. The summed E-state index contributed by atoms with van der Waals surface area (Å²) >= 11 is 0. The van der Waals surface area contributed by atoms with E-state index in [4.69, 9.17) is 5.73 Å². The number of nitrogens with zero attached hydrogens (tertiary/aromatic N) is 3. The third-order valence-electron chi connectivity index (χ3n) is 4.94. The summed E-state index contributed by atoms with van der Waals surface area (Å²) in [4.78, 5) is 13.1. The maximum atomic E-state index is 13.1. The summed E-state index contributed by atoms with van der Waals surface area (Å²) in [6.07, 6.45) is 6.09. The number of nitrogen functional groups attached to an aromatic ring is 1. The summed E-state index contributed by atoms with van der Waals surface area (Å²) in [6, 6.07) is 8.17. The Morgan fingerprint density at radius 3 is 2.75 bits per heavy atom. The zero-order valence-electron chi connectivity index (χ0n) is 14.1. The van der Waals surface area contributed by atoms with Gasteiger partial charge in [0, 0.05) is 28.7 Å². The molecule has 2 heterocycles. The Kier molecular flexibility index (Phi) is 3.44. The van der Waals surface area contributed by atoms with Crippen molar-refractivity contribution >= 4 is 22.6 Å². The SMILES string of the molecule is CC(C)n1ccc2c(C(=O)n3nc4c(c3N)CCCC4)cccc21. The Bertz CT molecular complexity index is 932. The quantitative estimate of drug-likeness (QED) is 0.784. The molecule has 2 aromatic heterocycles. The molecule has 1 aliphatic rings. The van der Waals surface area contributed by atoms with Crippen molar-refractivity contribution < 1.29 is 4.79 Å². The van der Waals surface area contributed by atoms with Crippen LogP contribution in [-0.4, -0.2) is 20.3 Å². The van der Waals surface area contributed by atoms with Crippen LogP contribution in [0.15, 0.2) is 30.5 Å². The van der Waals surface area contributed by atoms with E-state index in [0.29, 0.717) is 17.4 Å². The Morgan fingerprint density at radius 2 is 2.00 bits per heavy atom. The smallest absolute Gasteiger partial charge is 0.280 e. The second-order valence-electron chi connectivity index (χ2n) is 6.79. The minimum Gasteiger partial charge on any atom is -0.383 e. The third kappa shape index (κ3) is 2.15. The van der Waals surface area contributed by atoms with Crippen molar-refractivity contribution in [3.63, 3.8) is 0 Å². The highest BCUT2D eigenvalue weighted by Crippen LogP contribution is 2.28. The van der Waals surface area contributed by atoms with E-state index in [2.05, 4.69) is 23.5 Å². The molecular formula is C19H22N4O. The van der Waals surface area contributed by atoms with Crippen LogP contribution in [0.1, 0.15) is 54.3 Å². The predicted octanol–water partition coefficient (Wildman–Crippen LogP) is 3.57. The molecule has 0 unspecified atom stereocenters. The van der Waals surface area contributed by atoms with E-state index in [9.17, 15) is 4.79 Å². The van der Waals surface area contributed by atoms with E-state index in [1.54, 1.807) is 0 Å². The van der Waals surface area contributed by atoms with Crippen molar-refractivity contribution in [1.82, 2.24) is 14.3 Å². The van der Waals surface area contributed by atoms with Gasteiger partial charge in [-0.2, -0.15) is 9.78 Å². The van der Waals surface area contributed by atoms with E-state index in [1.165, 1.54) is 4.68 Å². The van der Waals surface area contributed by atoms with Crippen LogP contribution >= 0.6 is 0 Å². The topological polar surface area (TPSA) is 65.8 Å². The Hall–Kier alpha value is -2.56. The first-order valence-electron chi connectivity index (χ1n) is 8.58. The van der Waals surface area contributed by atoms with Crippen LogP contribution in [-0.2, 0) is 12.8 Å². The van der Waals surface area contributed by atoms with Crippen LogP contribution in [0, 0.1) is 0 Å². The molecular weight excluding hydrogens is 300 g/mol. The predicted molar refractivity (Wildman–Crippen MR) is 95.3 cm³/mol. The molecule has 0 bridgehead atoms. The van der Waals surface area contributed by atoms with Gasteiger partial charge in [-0.05, 0) is 57.7 Å². The summed E-state index contributed by atoms with van der Waals surface area (Å²) in [5.41, 5.74) is 9.99. The average molecular weight is 322 g/mol. The van der Waals surface area contributed by atoms with Gasteiger partial charge >= 0.3 is 0 Å². The Morgan fingerprint density at radius 1 is 1.21 bits per heavy atom. The van der Waals surface area contributed by atoms with Crippen LogP contribution in [0.2, 0.25) is 0 Å². The first-order chi connectivity index (χ1) is 11.6. The van der Waals surface area contributed by atoms with Crippen molar-refractivity contribution in [3.05, 3.63) is 47.3 Å². The lowest BCUT2D eigenvalue weighted by Gasteiger charge is -2.10. The summed E-state index contributed by atoms with van der Waals surface area (Å²) < 4.78 is 3.57. The standard InChI is InChI=1S/C19H22N4O/c1-12(2)22-11-10-13-14(7-5-9-17(13)22)19(24)23-18(20)15-6-3-4-8-16(15)21-23/h5,7,9-12H,3-4,6,8,20H2,1-2H3. The van der Waals surface area contributed by atoms with Gasteiger partial charge in [0.05, 0.1) is 11.3 Å². The highest BCUT2D eigenvalue weighted by atomic mass is 16.2. The van der Waals surface area contributed by atoms with Crippen molar-refractivity contribution in [3.8, 4) is 0 Å². The fraction of sp³-hybridized carbons (Fsp3) is 0.368. The molecule has 0 amide bonds. The second kappa shape index (κ2) is 5.51. The molecule has 0 saturated carbocycles. The minimum absolute atomic E-state index is 0.144. The Balaban J connectivity index is 1.83. The van der Waals surface area contributed by atoms with Crippen LogP contribution < -0.4 is 5.73 Å². The van der Waals surface area contributed by atoms with Gasteiger partial charge in [0.1, 0.15) is 5.82 Å². The molecule has 0 atom stereocenters. The number of fused-ring (bicyclic) bond motifs is 2. The number of carbonyl (C=O) groups excluding carboxylic acids is 1. The number of rotatable bonds is 2. The highest BCUT2D eigenvalue weighted by molar-refractivity contribution is 6.08. The number of nitrogens with two attached hydrogens (primary N) is 1. The molecule has 0 radical (unpaired) electrons. The molecule has 0 fully saturated rings. The van der Waals surface area contributed by atoms with Crippen molar-refractivity contribution in [1.29, 1.82) is 0 Å². The fourth-order valence-corrected chi connectivity index (χ4v) is 3.67. The monoisotopic (exact) mass is 322 g/mol. The summed E-state index contributed by atoms with van der Waals surface area (Å²) in [5.74, 6) is 0.365. The van der Waals surface area contributed by atoms with Crippen LogP contribution in [0.4, 0.5) is 5.82 Å². The highest BCUT2D eigenvalue weighted by Gasteiger charge is 2.24. The maximum Gasteiger partial charge on any atom is 0.280 e.